The number of nitrogens with zero attached hydrogens (tertiary/aromatic N) is 2. The Morgan fingerprint density at radius 1 is 1.58 bits per heavy atom. The van der Waals surface area contributed by atoms with Crippen LogP contribution >= 0.6 is 0 Å². The van der Waals surface area contributed by atoms with Gasteiger partial charge in [-0.25, -0.2) is 0 Å². The summed E-state index contributed by atoms with van der Waals surface area (Å²) < 4.78 is 1.76. The van der Waals surface area contributed by atoms with Crippen LogP contribution in [-0.4, -0.2) is 27.8 Å². The van der Waals surface area contributed by atoms with Crippen LogP contribution in [0.5, 0.6) is 0 Å². The van der Waals surface area contributed by atoms with Gasteiger partial charge in [-0.1, -0.05) is 20.8 Å². The van der Waals surface area contributed by atoms with Crippen LogP contribution in [0, 0.1) is 5.41 Å². The number of aryl methyl sites for hydroxylation is 2. The standard InChI is InChI=1S/C14H24N4O/c1-5-9-7-10(18(6-2)17-9)13(19)16-12-8-11(15)14(12,3)4/h7,11-12H,5-6,8,15H2,1-4H3,(H,16,19). The Morgan fingerprint density at radius 3 is 2.74 bits per heavy atom. The third kappa shape index (κ3) is 2.39. The minimum Gasteiger partial charge on any atom is -0.347 e. The Balaban J connectivity index is 2.10. The minimum atomic E-state index is -0.0426. The van der Waals surface area contributed by atoms with Gasteiger partial charge in [0.15, 0.2) is 0 Å². The summed E-state index contributed by atoms with van der Waals surface area (Å²) >= 11 is 0. The van der Waals surface area contributed by atoms with Gasteiger partial charge in [-0.15, -0.1) is 0 Å². The van der Waals surface area contributed by atoms with E-state index >= 15 is 0 Å². The molecule has 0 radical (unpaired) electrons. The van der Waals surface area contributed by atoms with Gasteiger partial charge in [0.25, 0.3) is 5.91 Å². The zero-order valence-electron chi connectivity index (χ0n) is 12.2. The van der Waals surface area contributed by atoms with Crippen molar-refractivity contribution in [2.75, 3.05) is 0 Å². The van der Waals surface area contributed by atoms with Gasteiger partial charge in [0, 0.05) is 24.0 Å². The molecule has 19 heavy (non-hydrogen) atoms. The van der Waals surface area contributed by atoms with Gasteiger partial charge in [-0.05, 0) is 25.8 Å². The molecule has 1 aliphatic carbocycles. The summed E-state index contributed by atoms with van der Waals surface area (Å²) in [5.74, 6) is -0.0426. The van der Waals surface area contributed by atoms with E-state index in [-0.39, 0.29) is 23.4 Å². The van der Waals surface area contributed by atoms with E-state index in [9.17, 15) is 4.79 Å². The van der Waals surface area contributed by atoms with Crippen molar-refractivity contribution in [3.8, 4) is 0 Å². The highest BCUT2D eigenvalue weighted by Crippen LogP contribution is 2.39. The Labute approximate surface area is 114 Å². The molecule has 1 fully saturated rings. The fourth-order valence-electron chi connectivity index (χ4n) is 2.50. The SMILES string of the molecule is CCc1cc(C(=O)NC2CC(N)C2(C)C)n(CC)n1. The second-order valence-corrected chi connectivity index (χ2v) is 5.88. The van der Waals surface area contributed by atoms with Crippen molar-refractivity contribution >= 4 is 5.91 Å². The molecular formula is C14H24N4O. The first-order valence-electron chi connectivity index (χ1n) is 7.03. The first kappa shape index (κ1) is 14.1. The minimum absolute atomic E-state index is 0.0275. The Bertz CT molecular complexity index is 478. The molecule has 0 bridgehead atoms. The zero-order chi connectivity index (χ0) is 14.2. The van der Waals surface area contributed by atoms with Crippen LogP contribution < -0.4 is 11.1 Å². The molecule has 1 saturated carbocycles. The van der Waals surface area contributed by atoms with Crippen LogP contribution in [0.1, 0.15) is 50.3 Å². The van der Waals surface area contributed by atoms with E-state index in [1.807, 2.05) is 19.9 Å². The van der Waals surface area contributed by atoms with Gasteiger partial charge in [0.05, 0.1) is 5.69 Å². The van der Waals surface area contributed by atoms with Crippen molar-refractivity contribution < 1.29 is 4.79 Å². The first-order chi connectivity index (χ1) is 8.90. The van der Waals surface area contributed by atoms with Crippen LogP contribution in [0.2, 0.25) is 0 Å². The molecule has 1 aromatic heterocycles. The van der Waals surface area contributed by atoms with Crippen LogP contribution in [0.25, 0.3) is 0 Å². The highest BCUT2D eigenvalue weighted by molar-refractivity contribution is 5.93. The molecule has 2 unspecified atom stereocenters. The van der Waals surface area contributed by atoms with Crippen molar-refractivity contribution in [1.29, 1.82) is 0 Å². The molecule has 5 nitrogen and oxygen atoms in total. The van der Waals surface area contributed by atoms with Gasteiger partial charge in [0.2, 0.25) is 0 Å². The lowest BCUT2D eigenvalue weighted by Gasteiger charge is -2.50. The predicted molar refractivity (Wildman–Crippen MR) is 74.9 cm³/mol. The third-order valence-electron chi connectivity index (χ3n) is 4.37. The normalized spacial score (nSPS) is 24.9. The predicted octanol–water partition coefficient (Wildman–Crippen LogP) is 1.32. The van der Waals surface area contributed by atoms with Crippen LogP contribution in [0.3, 0.4) is 0 Å². The van der Waals surface area contributed by atoms with E-state index in [2.05, 4.69) is 24.3 Å². The van der Waals surface area contributed by atoms with Crippen LogP contribution in [-0.2, 0) is 13.0 Å². The number of hydrogen-bond donors (Lipinski definition) is 2. The van der Waals surface area contributed by atoms with Crippen LogP contribution in [0.4, 0.5) is 0 Å². The van der Waals surface area contributed by atoms with Gasteiger partial charge in [-0.2, -0.15) is 5.10 Å². The summed E-state index contributed by atoms with van der Waals surface area (Å²) in [5, 5.41) is 7.49. The quantitative estimate of drug-likeness (QED) is 0.861. The molecular weight excluding hydrogens is 240 g/mol. The largest absolute Gasteiger partial charge is 0.347 e. The lowest BCUT2D eigenvalue weighted by Crippen LogP contribution is -2.64. The number of amides is 1. The maximum Gasteiger partial charge on any atom is 0.269 e. The summed E-state index contributed by atoms with van der Waals surface area (Å²) in [6, 6.07) is 2.20. The molecule has 2 atom stereocenters. The summed E-state index contributed by atoms with van der Waals surface area (Å²) in [4.78, 5) is 12.3. The first-order valence-corrected chi connectivity index (χ1v) is 7.03. The molecule has 5 heteroatoms. The molecule has 106 valence electrons. The van der Waals surface area contributed by atoms with E-state index < -0.39 is 0 Å². The number of nitrogens with two attached hydrogens (primary N) is 1. The van der Waals surface area contributed by atoms with Gasteiger partial charge < -0.3 is 11.1 Å². The zero-order valence-corrected chi connectivity index (χ0v) is 12.2. The highest BCUT2D eigenvalue weighted by atomic mass is 16.2. The molecule has 3 N–H and O–H groups in total. The number of rotatable bonds is 4. The lowest BCUT2D eigenvalue weighted by atomic mass is 9.63. The summed E-state index contributed by atoms with van der Waals surface area (Å²) in [7, 11) is 0. The molecule has 0 saturated heterocycles. The molecule has 1 aliphatic rings. The highest BCUT2D eigenvalue weighted by Gasteiger charge is 2.46. The molecule has 0 aliphatic heterocycles. The van der Waals surface area contributed by atoms with E-state index in [0.717, 1.165) is 18.5 Å². The third-order valence-corrected chi connectivity index (χ3v) is 4.37. The summed E-state index contributed by atoms with van der Waals surface area (Å²) in [5.41, 5.74) is 7.55. The molecule has 1 heterocycles. The van der Waals surface area contributed by atoms with Crippen molar-refractivity contribution in [3.63, 3.8) is 0 Å². The van der Waals surface area contributed by atoms with Gasteiger partial charge >= 0.3 is 0 Å². The van der Waals surface area contributed by atoms with Crippen LogP contribution in [0.15, 0.2) is 6.07 Å². The van der Waals surface area contributed by atoms with Crippen molar-refractivity contribution in [2.24, 2.45) is 11.1 Å². The fourth-order valence-corrected chi connectivity index (χ4v) is 2.50. The number of hydrogen-bond acceptors (Lipinski definition) is 3. The number of nitrogens with one attached hydrogen (secondary N) is 1. The number of aromatic nitrogens is 2. The van der Waals surface area contributed by atoms with E-state index in [1.54, 1.807) is 4.68 Å². The van der Waals surface area contributed by atoms with Crippen molar-refractivity contribution in [3.05, 3.63) is 17.5 Å². The topological polar surface area (TPSA) is 72.9 Å². The second-order valence-electron chi connectivity index (χ2n) is 5.88. The van der Waals surface area contributed by atoms with Crippen molar-refractivity contribution in [2.45, 2.75) is 59.2 Å². The summed E-state index contributed by atoms with van der Waals surface area (Å²) in [6.45, 7) is 8.93. The molecule has 1 amide bonds. The van der Waals surface area contributed by atoms with E-state index in [1.165, 1.54) is 0 Å². The second kappa shape index (κ2) is 4.96. The Morgan fingerprint density at radius 2 is 2.26 bits per heavy atom. The maximum atomic E-state index is 12.3. The average molecular weight is 264 g/mol. The van der Waals surface area contributed by atoms with Gasteiger partial charge in [0.1, 0.15) is 5.69 Å². The smallest absolute Gasteiger partial charge is 0.269 e. The molecule has 0 spiro atoms. The number of carbonyl (C=O) groups excluding carboxylic acids is 1. The Kier molecular flexibility index (Phi) is 3.67. The monoisotopic (exact) mass is 264 g/mol. The number of carbonyl (C=O) groups is 1. The maximum absolute atomic E-state index is 12.3. The Hall–Kier alpha value is -1.36. The molecule has 2 rings (SSSR count). The molecule has 1 aromatic rings. The summed E-state index contributed by atoms with van der Waals surface area (Å²) in [6.07, 6.45) is 1.69. The average Bonchev–Trinajstić information content (AvgIpc) is 2.81. The van der Waals surface area contributed by atoms with E-state index in [0.29, 0.717) is 12.2 Å². The lowest BCUT2D eigenvalue weighted by molar-refractivity contribution is 0.0579. The van der Waals surface area contributed by atoms with Crippen molar-refractivity contribution in [1.82, 2.24) is 15.1 Å². The van der Waals surface area contributed by atoms with Gasteiger partial charge in [-0.3, -0.25) is 9.48 Å². The molecule has 0 aromatic carbocycles. The fraction of sp³-hybridized carbons (Fsp3) is 0.714. The van der Waals surface area contributed by atoms with E-state index in [4.69, 9.17) is 5.73 Å².